The van der Waals surface area contributed by atoms with E-state index in [-0.39, 0.29) is 11.5 Å². The number of benzene rings is 1. The van der Waals surface area contributed by atoms with Gasteiger partial charge in [-0.15, -0.1) is 11.3 Å². The molecule has 0 aliphatic carbocycles. The molecule has 0 atom stereocenters. The van der Waals surface area contributed by atoms with E-state index in [4.69, 9.17) is 5.11 Å². The zero-order chi connectivity index (χ0) is 12.3. The van der Waals surface area contributed by atoms with Gasteiger partial charge in [-0.1, -0.05) is 6.07 Å². The van der Waals surface area contributed by atoms with Gasteiger partial charge in [0.05, 0.1) is 5.51 Å². The Bertz CT molecular complexity index is 500. The van der Waals surface area contributed by atoms with Gasteiger partial charge < -0.3 is 20.6 Å². The lowest BCUT2D eigenvalue weighted by Gasteiger charge is -2.08. The number of aromatic hydroxyl groups is 3. The van der Waals surface area contributed by atoms with E-state index < -0.39 is 5.75 Å². The largest absolute Gasteiger partial charge is 0.504 e. The Balaban J connectivity index is 1.97. The first-order valence-corrected chi connectivity index (χ1v) is 5.87. The molecule has 90 valence electrons. The van der Waals surface area contributed by atoms with Crippen molar-refractivity contribution in [2.24, 2.45) is 0 Å². The van der Waals surface area contributed by atoms with Gasteiger partial charge in [-0.3, -0.25) is 4.98 Å². The van der Waals surface area contributed by atoms with Gasteiger partial charge in [0.25, 0.3) is 0 Å². The summed E-state index contributed by atoms with van der Waals surface area (Å²) in [7, 11) is 0. The summed E-state index contributed by atoms with van der Waals surface area (Å²) < 4.78 is 0. The van der Waals surface area contributed by atoms with E-state index in [9.17, 15) is 10.2 Å². The highest BCUT2D eigenvalue weighted by Gasteiger charge is 2.10. The van der Waals surface area contributed by atoms with Crippen molar-refractivity contribution >= 4 is 11.3 Å². The van der Waals surface area contributed by atoms with Gasteiger partial charge in [-0.2, -0.15) is 0 Å². The van der Waals surface area contributed by atoms with Gasteiger partial charge in [0.1, 0.15) is 0 Å². The van der Waals surface area contributed by atoms with Crippen LogP contribution in [0.5, 0.6) is 17.2 Å². The highest BCUT2D eigenvalue weighted by atomic mass is 32.1. The molecule has 0 spiro atoms. The summed E-state index contributed by atoms with van der Waals surface area (Å²) in [6.45, 7) is 1.04. The molecule has 0 saturated carbocycles. The first kappa shape index (κ1) is 11.7. The second kappa shape index (κ2) is 5.03. The van der Waals surface area contributed by atoms with Crippen LogP contribution in [-0.4, -0.2) is 20.3 Å². The van der Waals surface area contributed by atoms with Crippen LogP contribution in [-0.2, 0) is 13.1 Å². The molecule has 0 radical (unpaired) electrons. The minimum atomic E-state index is -0.484. The average Bonchev–Trinajstić information content (AvgIpc) is 2.82. The normalized spacial score (nSPS) is 10.6. The summed E-state index contributed by atoms with van der Waals surface area (Å²) in [6.07, 6.45) is 1.77. The second-order valence-electron chi connectivity index (χ2n) is 3.51. The molecule has 5 nitrogen and oxygen atoms in total. The van der Waals surface area contributed by atoms with Crippen LogP contribution >= 0.6 is 11.3 Å². The first-order chi connectivity index (χ1) is 8.18. The van der Waals surface area contributed by atoms with Crippen LogP contribution < -0.4 is 5.32 Å². The Morgan fingerprint density at radius 3 is 2.65 bits per heavy atom. The Morgan fingerprint density at radius 2 is 1.94 bits per heavy atom. The molecular formula is C11H12N2O3S. The molecular weight excluding hydrogens is 240 g/mol. The summed E-state index contributed by atoms with van der Waals surface area (Å²) >= 11 is 1.54. The molecule has 0 aliphatic heterocycles. The third-order valence-corrected chi connectivity index (χ3v) is 3.09. The van der Waals surface area contributed by atoms with E-state index in [1.807, 2.05) is 0 Å². The maximum absolute atomic E-state index is 9.58. The topological polar surface area (TPSA) is 85.6 Å². The number of hydrogen-bond donors (Lipinski definition) is 4. The van der Waals surface area contributed by atoms with E-state index in [2.05, 4.69) is 10.3 Å². The minimum Gasteiger partial charge on any atom is -0.504 e. The fourth-order valence-electron chi connectivity index (χ4n) is 1.40. The molecule has 0 fully saturated rings. The average molecular weight is 252 g/mol. The zero-order valence-corrected chi connectivity index (χ0v) is 9.74. The van der Waals surface area contributed by atoms with Crippen LogP contribution in [0.2, 0.25) is 0 Å². The predicted molar refractivity (Wildman–Crippen MR) is 64.1 cm³/mol. The van der Waals surface area contributed by atoms with Crippen LogP contribution in [0.3, 0.4) is 0 Å². The summed E-state index contributed by atoms with van der Waals surface area (Å²) in [6, 6.07) is 2.91. The summed E-state index contributed by atoms with van der Waals surface area (Å²) in [4.78, 5) is 5.04. The first-order valence-electron chi connectivity index (χ1n) is 4.99. The van der Waals surface area contributed by atoms with E-state index >= 15 is 0 Å². The van der Waals surface area contributed by atoms with Crippen molar-refractivity contribution in [3.05, 3.63) is 34.3 Å². The summed E-state index contributed by atoms with van der Waals surface area (Å²) in [5, 5.41) is 31.2. The van der Waals surface area contributed by atoms with E-state index in [0.29, 0.717) is 18.7 Å². The Labute approximate surface area is 102 Å². The maximum atomic E-state index is 9.58. The molecule has 0 aliphatic rings. The van der Waals surface area contributed by atoms with Gasteiger partial charge in [-0.25, -0.2) is 0 Å². The van der Waals surface area contributed by atoms with Crippen molar-refractivity contribution in [3.8, 4) is 17.2 Å². The number of nitrogens with zero attached hydrogens (tertiary/aromatic N) is 1. The van der Waals surface area contributed by atoms with Crippen LogP contribution in [0, 0.1) is 0 Å². The van der Waals surface area contributed by atoms with Crippen LogP contribution in [0.4, 0.5) is 0 Å². The highest BCUT2D eigenvalue weighted by Crippen LogP contribution is 2.36. The van der Waals surface area contributed by atoms with Gasteiger partial charge >= 0.3 is 0 Å². The fraction of sp³-hybridized carbons (Fsp3) is 0.182. The Kier molecular flexibility index (Phi) is 3.46. The van der Waals surface area contributed by atoms with Crippen molar-refractivity contribution < 1.29 is 15.3 Å². The fourth-order valence-corrected chi connectivity index (χ4v) is 1.97. The second-order valence-corrected chi connectivity index (χ2v) is 4.48. The van der Waals surface area contributed by atoms with Crippen LogP contribution in [0.1, 0.15) is 10.4 Å². The van der Waals surface area contributed by atoms with Crippen molar-refractivity contribution in [3.63, 3.8) is 0 Å². The number of nitrogens with one attached hydrogen (secondary N) is 1. The maximum Gasteiger partial charge on any atom is 0.200 e. The summed E-state index contributed by atoms with van der Waals surface area (Å²) in [5.41, 5.74) is 2.28. The van der Waals surface area contributed by atoms with Gasteiger partial charge in [0.2, 0.25) is 5.75 Å². The molecule has 0 bridgehead atoms. The molecule has 17 heavy (non-hydrogen) atoms. The van der Waals surface area contributed by atoms with Crippen LogP contribution in [0.15, 0.2) is 23.8 Å². The third-order valence-electron chi connectivity index (χ3n) is 2.31. The van der Waals surface area contributed by atoms with Gasteiger partial charge in [0.15, 0.2) is 11.5 Å². The molecule has 2 aromatic rings. The number of hydrogen-bond acceptors (Lipinski definition) is 6. The standard InChI is InChI=1S/C11H12N2O3S/c14-9-2-1-7(10(15)11(9)16)3-12-4-8-5-13-6-17-8/h1-2,5-6,12,14-16H,3-4H2. The summed E-state index contributed by atoms with van der Waals surface area (Å²) in [5.74, 6) is -1.10. The zero-order valence-electron chi connectivity index (χ0n) is 8.92. The molecule has 4 N–H and O–H groups in total. The Morgan fingerprint density at radius 1 is 1.12 bits per heavy atom. The van der Waals surface area contributed by atoms with Crippen molar-refractivity contribution in [2.45, 2.75) is 13.1 Å². The molecule has 1 aromatic carbocycles. The molecule has 0 unspecified atom stereocenters. The lowest BCUT2D eigenvalue weighted by molar-refractivity contribution is 0.364. The highest BCUT2D eigenvalue weighted by molar-refractivity contribution is 7.09. The van der Waals surface area contributed by atoms with E-state index in [0.717, 1.165) is 4.88 Å². The lowest BCUT2D eigenvalue weighted by atomic mass is 10.1. The van der Waals surface area contributed by atoms with Gasteiger partial charge in [-0.05, 0) is 6.07 Å². The predicted octanol–water partition coefficient (Wildman–Crippen LogP) is 1.55. The molecule has 2 rings (SSSR count). The van der Waals surface area contributed by atoms with Crippen molar-refractivity contribution in [1.29, 1.82) is 0 Å². The molecule has 1 heterocycles. The number of phenols is 3. The number of phenolic OH excluding ortho intramolecular Hbond substituents is 3. The monoisotopic (exact) mass is 252 g/mol. The number of thiazole rings is 1. The van der Waals surface area contributed by atoms with E-state index in [1.54, 1.807) is 29.1 Å². The SMILES string of the molecule is Oc1ccc(CNCc2cncs2)c(O)c1O. The molecule has 1 aromatic heterocycles. The number of rotatable bonds is 4. The van der Waals surface area contributed by atoms with Gasteiger partial charge in [0, 0.05) is 29.7 Å². The smallest absolute Gasteiger partial charge is 0.200 e. The van der Waals surface area contributed by atoms with E-state index in [1.165, 1.54) is 6.07 Å². The van der Waals surface area contributed by atoms with Crippen LogP contribution in [0.25, 0.3) is 0 Å². The van der Waals surface area contributed by atoms with Crippen molar-refractivity contribution in [2.75, 3.05) is 0 Å². The van der Waals surface area contributed by atoms with Crippen molar-refractivity contribution in [1.82, 2.24) is 10.3 Å². The third kappa shape index (κ3) is 2.66. The lowest BCUT2D eigenvalue weighted by Crippen LogP contribution is -2.11. The molecule has 0 saturated heterocycles. The molecule has 0 amide bonds. The quantitative estimate of drug-likeness (QED) is 0.620. The minimum absolute atomic E-state index is 0.290. The molecule has 6 heteroatoms. The Hall–Kier alpha value is -1.79. The number of aromatic nitrogens is 1.